The Morgan fingerprint density at radius 1 is 0.515 bits per heavy atom. The third-order valence-corrected chi connectivity index (χ3v) is 10.4. The molecule has 68 heavy (non-hydrogen) atoms. The summed E-state index contributed by atoms with van der Waals surface area (Å²) in [6.45, 7) is 6.90. The van der Waals surface area contributed by atoms with E-state index in [-0.39, 0.29) is 34.0 Å². The van der Waals surface area contributed by atoms with Crippen molar-refractivity contribution in [3.8, 4) is 11.1 Å². The summed E-state index contributed by atoms with van der Waals surface area (Å²) >= 11 is 0. The van der Waals surface area contributed by atoms with Crippen LogP contribution in [0.15, 0.2) is 122 Å². The van der Waals surface area contributed by atoms with E-state index in [1.807, 2.05) is 0 Å². The number of carbonyl (C=O) groups excluding carboxylic acids is 6. The summed E-state index contributed by atoms with van der Waals surface area (Å²) in [5.41, 5.74) is 2.44. The van der Waals surface area contributed by atoms with E-state index in [1.165, 1.54) is 49.4 Å². The van der Waals surface area contributed by atoms with Crippen molar-refractivity contribution >= 4 is 97.2 Å². The summed E-state index contributed by atoms with van der Waals surface area (Å²) in [7, 11) is -4.45. The summed E-state index contributed by atoms with van der Waals surface area (Å²) in [5, 5.41) is 47.5. The molecule has 0 aliphatic carbocycles. The fraction of sp³-hybridized carbons (Fsp3) is 0.156. The van der Waals surface area contributed by atoms with E-state index < -0.39 is 79.9 Å². The van der Waals surface area contributed by atoms with Crippen molar-refractivity contribution in [2.75, 3.05) is 26.6 Å². The number of hydrogen-bond donors (Lipinski definition) is 8. The van der Waals surface area contributed by atoms with Crippen molar-refractivity contribution in [2.24, 2.45) is 20.5 Å². The van der Waals surface area contributed by atoms with Crippen molar-refractivity contribution < 1.29 is 61.5 Å². The molecule has 0 saturated heterocycles. The second-order valence-electron chi connectivity index (χ2n) is 14.8. The second kappa shape index (κ2) is 21.4. The molecule has 5 rings (SSSR count). The zero-order valence-corrected chi connectivity index (χ0v) is 37.3. The van der Waals surface area contributed by atoms with E-state index in [1.54, 1.807) is 50.2 Å². The Labute approximate surface area is 386 Å². The van der Waals surface area contributed by atoms with Gasteiger partial charge in [-0.3, -0.25) is 28.5 Å². The maximum absolute atomic E-state index is 13.4. The highest BCUT2D eigenvalue weighted by atomic mass is 32.2. The average Bonchev–Trinajstić information content (AvgIpc) is 3.25. The van der Waals surface area contributed by atoms with Gasteiger partial charge in [0.05, 0.1) is 27.4 Å². The smallest absolute Gasteiger partial charge is 0.338 e. The predicted octanol–water partition coefficient (Wildman–Crippen LogP) is 7.58. The topological polar surface area (TPSA) is 341 Å². The van der Waals surface area contributed by atoms with E-state index in [4.69, 9.17) is 4.55 Å². The number of Topliss-reactive ketones (excluding diaryl/α,β-unsaturated/α-hetero) is 2. The number of benzene rings is 5. The minimum atomic E-state index is -4.45. The molecule has 5 aromatic rings. The zero-order chi connectivity index (χ0) is 50.0. The molecule has 22 nitrogen and oxygen atoms in total. The monoisotopic (exact) mass is 947 g/mol. The number of nitrogens with one attached hydrogen (secondary N) is 5. The van der Waals surface area contributed by atoms with Gasteiger partial charge >= 0.3 is 18.0 Å². The minimum Gasteiger partial charge on any atom is -0.478 e. The van der Waals surface area contributed by atoms with Crippen LogP contribution in [0.3, 0.4) is 0 Å². The SMILES string of the molecule is CC(=O)Nc1ccc(N=NC(C(C)=O)C(=O)Nc2ccc(-c3ccc(NC(=O)C(N=Nc4ccc(NC(=O)Nc5ccc(S(=O)(=O)O)cc5)cc4C(=O)O)C(C)=O)c(C)c3)cc2C)c(C(=O)O)c1. The van der Waals surface area contributed by atoms with Gasteiger partial charge in [-0.05, 0) is 135 Å². The summed E-state index contributed by atoms with van der Waals surface area (Å²) in [5.74, 6) is -6.34. The normalized spacial score (nSPS) is 12.1. The van der Waals surface area contributed by atoms with Gasteiger partial charge in [-0.1, -0.05) is 12.1 Å². The first-order valence-corrected chi connectivity index (χ1v) is 21.3. The van der Waals surface area contributed by atoms with Gasteiger partial charge in [0, 0.05) is 35.4 Å². The molecule has 0 spiro atoms. The number of hydrogen-bond acceptors (Lipinski definition) is 14. The first kappa shape index (κ1) is 50.2. The highest BCUT2D eigenvalue weighted by Crippen LogP contribution is 2.30. The van der Waals surface area contributed by atoms with E-state index in [0.29, 0.717) is 33.6 Å². The van der Waals surface area contributed by atoms with E-state index in [2.05, 4.69) is 47.0 Å². The molecule has 5 aromatic carbocycles. The predicted molar refractivity (Wildman–Crippen MR) is 247 cm³/mol. The Bertz CT molecular complexity index is 3060. The second-order valence-corrected chi connectivity index (χ2v) is 16.3. The number of nitrogens with zero attached hydrogens (tertiary/aromatic N) is 4. The molecule has 5 amide bonds. The Balaban J connectivity index is 1.24. The number of aryl methyl sites for hydroxylation is 2. The highest BCUT2D eigenvalue weighted by molar-refractivity contribution is 7.85. The van der Waals surface area contributed by atoms with Crippen molar-refractivity contribution in [1.82, 2.24) is 0 Å². The van der Waals surface area contributed by atoms with Gasteiger partial charge in [0.15, 0.2) is 11.6 Å². The van der Waals surface area contributed by atoms with Crippen molar-refractivity contribution in [2.45, 2.75) is 51.6 Å². The first-order valence-electron chi connectivity index (χ1n) is 19.8. The Kier molecular flexibility index (Phi) is 15.8. The van der Waals surface area contributed by atoms with Crippen LogP contribution < -0.4 is 26.6 Å². The van der Waals surface area contributed by atoms with Crippen molar-refractivity contribution in [3.05, 3.63) is 119 Å². The third kappa shape index (κ3) is 13.1. The third-order valence-electron chi connectivity index (χ3n) is 9.57. The molecule has 8 N–H and O–H groups in total. The fourth-order valence-electron chi connectivity index (χ4n) is 6.20. The molecule has 0 bridgehead atoms. The van der Waals surface area contributed by atoms with Gasteiger partial charge in [-0.2, -0.15) is 28.9 Å². The molecule has 2 unspecified atom stereocenters. The molecule has 0 aromatic heterocycles. The zero-order valence-electron chi connectivity index (χ0n) is 36.5. The number of urea groups is 1. The molecule has 350 valence electrons. The number of carboxylic acid groups (broad SMARTS) is 2. The van der Waals surface area contributed by atoms with Crippen LogP contribution in [-0.2, 0) is 34.1 Å². The summed E-state index contributed by atoms with van der Waals surface area (Å²) < 4.78 is 31.6. The van der Waals surface area contributed by atoms with Crippen molar-refractivity contribution in [3.63, 3.8) is 0 Å². The molecular weight excluding hydrogens is 907 g/mol. The summed E-state index contributed by atoms with van der Waals surface area (Å²) in [6.07, 6.45) is 0. The van der Waals surface area contributed by atoms with Gasteiger partial charge in [0.25, 0.3) is 21.9 Å². The minimum absolute atomic E-state index is 0.00852. The number of anilines is 5. The van der Waals surface area contributed by atoms with Crippen LogP contribution in [0.2, 0.25) is 0 Å². The van der Waals surface area contributed by atoms with Gasteiger partial charge in [0.2, 0.25) is 18.0 Å². The Hall–Kier alpha value is -8.83. The molecule has 23 heteroatoms. The van der Waals surface area contributed by atoms with Crippen LogP contribution in [0.5, 0.6) is 0 Å². The van der Waals surface area contributed by atoms with Crippen LogP contribution in [0, 0.1) is 13.8 Å². The molecular formula is C45H41N9O13S. The maximum atomic E-state index is 13.4. The lowest BCUT2D eigenvalue weighted by atomic mass is 9.99. The molecule has 0 radical (unpaired) electrons. The van der Waals surface area contributed by atoms with Gasteiger partial charge in [0.1, 0.15) is 0 Å². The number of amides is 5. The average molecular weight is 948 g/mol. The molecule has 0 fully saturated rings. The van der Waals surface area contributed by atoms with E-state index >= 15 is 0 Å². The van der Waals surface area contributed by atoms with Gasteiger partial charge in [-0.25, -0.2) is 14.4 Å². The molecule has 0 saturated carbocycles. The lowest BCUT2D eigenvalue weighted by Gasteiger charge is -2.15. The van der Waals surface area contributed by atoms with E-state index in [9.17, 15) is 57.0 Å². The maximum Gasteiger partial charge on any atom is 0.338 e. The lowest BCUT2D eigenvalue weighted by molar-refractivity contribution is -0.127. The standard InChI is InChI=1S/C45H41N9O13S/c1-22-18-27(6-14-35(22)49-41(58)39(24(3)55)53-51-37-16-10-30(46-26(5)57)20-33(37)43(60)61)28-7-15-36(23(2)19-28)50-42(59)40(25(4)56)54-52-38-17-11-31(21-34(38)44(62)63)48-45(64)47-29-8-12-32(13-9-29)68(65,66)67/h6-21,39-40H,1-5H3,(H,46,57)(H,49,58)(H,50,59)(H,60,61)(H,62,63)(H2,47,48,64)(H,65,66,67). The first-order chi connectivity index (χ1) is 32.0. The number of carboxylic acids is 2. The Morgan fingerprint density at radius 2 is 0.912 bits per heavy atom. The number of rotatable bonds is 17. The van der Waals surface area contributed by atoms with Crippen molar-refractivity contribution in [1.29, 1.82) is 0 Å². The largest absolute Gasteiger partial charge is 0.478 e. The van der Waals surface area contributed by atoms with Gasteiger partial charge < -0.3 is 36.8 Å². The summed E-state index contributed by atoms with van der Waals surface area (Å²) in [4.78, 5) is 99.1. The molecule has 2 atom stereocenters. The quantitative estimate of drug-likeness (QED) is 0.0253. The van der Waals surface area contributed by atoms with Crippen LogP contribution in [0.25, 0.3) is 11.1 Å². The van der Waals surface area contributed by atoms with E-state index in [0.717, 1.165) is 32.0 Å². The number of azo groups is 2. The molecule has 0 aliphatic rings. The van der Waals surface area contributed by atoms with Crippen LogP contribution in [0.4, 0.5) is 44.6 Å². The van der Waals surface area contributed by atoms with Crippen LogP contribution in [-0.4, -0.2) is 82.5 Å². The van der Waals surface area contributed by atoms with Crippen LogP contribution >= 0.6 is 0 Å². The van der Waals surface area contributed by atoms with Gasteiger partial charge in [-0.15, -0.1) is 0 Å². The molecule has 0 heterocycles. The Morgan fingerprint density at radius 3 is 1.28 bits per heavy atom. The molecule has 0 aliphatic heterocycles. The van der Waals surface area contributed by atoms with Crippen LogP contribution in [0.1, 0.15) is 52.6 Å². The highest BCUT2D eigenvalue weighted by Gasteiger charge is 2.26. The summed E-state index contributed by atoms with van der Waals surface area (Å²) in [6, 6.07) is 17.9. The fourth-order valence-corrected chi connectivity index (χ4v) is 6.68. The number of aromatic carboxylic acids is 2. The lowest BCUT2D eigenvalue weighted by Crippen LogP contribution is -2.32. The number of carbonyl (C=O) groups is 8. The number of ketones is 2.